The summed E-state index contributed by atoms with van der Waals surface area (Å²) in [5.74, 6) is 0.574. The quantitative estimate of drug-likeness (QED) is 0.669. The number of carbonyl (C=O) groups is 2. The van der Waals surface area contributed by atoms with Gasteiger partial charge in [0.05, 0.1) is 0 Å². The van der Waals surface area contributed by atoms with Gasteiger partial charge in [-0.05, 0) is 48.7 Å². The monoisotopic (exact) mass is 411 g/mol. The molecule has 1 N–H and O–H groups in total. The van der Waals surface area contributed by atoms with Crippen molar-refractivity contribution < 1.29 is 14.0 Å². The second-order valence-corrected chi connectivity index (χ2v) is 7.62. The SMILES string of the molecule is O=C(NCCN1CCCCC1=O)c1ccc2oc(Cc3ccc(Cl)cc3)nc2c1. The molecule has 150 valence electrons. The van der Waals surface area contributed by atoms with Crippen molar-refractivity contribution in [3.8, 4) is 0 Å². The molecule has 2 heterocycles. The summed E-state index contributed by atoms with van der Waals surface area (Å²) in [6.45, 7) is 1.75. The van der Waals surface area contributed by atoms with Crippen molar-refractivity contribution in [3.05, 3.63) is 64.5 Å². The minimum absolute atomic E-state index is 0.169. The lowest BCUT2D eigenvalue weighted by atomic mass is 10.1. The second kappa shape index (κ2) is 8.66. The van der Waals surface area contributed by atoms with Crippen LogP contribution in [-0.4, -0.2) is 41.3 Å². The lowest BCUT2D eigenvalue weighted by Gasteiger charge is -2.26. The van der Waals surface area contributed by atoms with E-state index in [0.717, 1.165) is 24.9 Å². The van der Waals surface area contributed by atoms with Gasteiger partial charge in [-0.15, -0.1) is 0 Å². The molecule has 4 rings (SSSR count). The largest absolute Gasteiger partial charge is 0.440 e. The Morgan fingerprint density at radius 3 is 2.79 bits per heavy atom. The van der Waals surface area contributed by atoms with Crippen LogP contribution in [0.25, 0.3) is 11.1 Å². The Hall–Kier alpha value is -2.86. The van der Waals surface area contributed by atoms with E-state index in [1.54, 1.807) is 18.2 Å². The minimum atomic E-state index is -0.182. The van der Waals surface area contributed by atoms with Crippen LogP contribution < -0.4 is 5.32 Å². The van der Waals surface area contributed by atoms with Crippen molar-refractivity contribution in [1.29, 1.82) is 0 Å². The zero-order valence-corrected chi connectivity index (χ0v) is 16.7. The predicted octanol–water partition coefficient (Wildman–Crippen LogP) is 3.81. The number of piperidine rings is 1. The fourth-order valence-electron chi connectivity index (χ4n) is 3.47. The number of benzene rings is 2. The highest BCUT2D eigenvalue weighted by Crippen LogP contribution is 2.20. The van der Waals surface area contributed by atoms with Crippen LogP contribution in [-0.2, 0) is 11.2 Å². The first kappa shape index (κ1) is 19.5. The van der Waals surface area contributed by atoms with Crippen molar-refractivity contribution in [2.75, 3.05) is 19.6 Å². The number of amides is 2. The fourth-order valence-corrected chi connectivity index (χ4v) is 3.60. The molecule has 2 aromatic carbocycles. The van der Waals surface area contributed by atoms with E-state index in [1.807, 2.05) is 29.2 Å². The van der Waals surface area contributed by atoms with Gasteiger partial charge in [0.2, 0.25) is 5.91 Å². The van der Waals surface area contributed by atoms with E-state index in [0.29, 0.717) is 53.5 Å². The van der Waals surface area contributed by atoms with E-state index in [2.05, 4.69) is 10.3 Å². The first-order valence-electron chi connectivity index (χ1n) is 9.78. The number of rotatable bonds is 6. The number of hydrogen-bond donors (Lipinski definition) is 1. The van der Waals surface area contributed by atoms with Crippen LogP contribution in [0, 0.1) is 0 Å². The van der Waals surface area contributed by atoms with Crippen LogP contribution in [0.5, 0.6) is 0 Å². The van der Waals surface area contributed by atoms with Crippen molar-refractivity contribution in [1.82, 2.24) is 15.2 Å². The summed E-state index contributed by atoms with van der Waals surface area (Å²) in [7, 11) is 0. The van der Waals surface area contributed by atoms with E-state index >= 15 is 0 Å². The maximum absolute atomic E-state index is 12.5. The maximum atomic E-state index is 12.5. The van der Waals surface area contributed by atoms with Gasteiger partial charge in [-0.2, -0.15) is 0 Å². The molecule has 0 aliphatic carbocycles. The van der Waals surface area contributed by atoms with E-state index in [-0.39, 0.29) is 11.8 Å². The number of likely N-dealkylation sites (tertiary alicyclic amines) is 1. The third kappa shape index (κ3) is 4.77. The van der Waals surface area contributed by atoms with Gasteiger partial charge in [0.15, 0.2) is 11.5 Å². The van der Waals surface area contributed by atoms with Crippen molar-refractivity contribution in [2.24, 2.45) is 0 Å². The van der Waals surface area contributed by atoms with Gasteiger partial charge in [0.1, 0.15) is 5.52 Å². The molecule has 1 fully saturated rings. The Morgan fingerprint density at radius 1 is 1.17 bits per heavy atom. The van der Waals surface area contributed by atoms with Crippen molar-refractivity contribution in [2.45, 2.75) is 25.7 Å². The van der Waals surface area contributed by atoms with Crippen LogP contribution in [0.15, 0.2) is 46.9 Å². The number of fused-ring (bicyclic) bond motifs is 1. The van der Waals surface area contributed by atoms with Crippen molar-refractivity contribution in [3.63, 3.8) is 0 Å². The first-order valence-corrected chi connectivity index (χ1v) is 10.2. The Balaban J connectivity index is 1.38. The number of nitrogens with zero attached hydrogens (tertiary/aromatic N) is 2. The topological polar surface area (TPSA) is 75.4 Å². The van der Waals surface area contributed by atoms with Crippen LogP contribution in [0.2, 0.25) is 5.02 Å². The molecule has 1 saturated heterocycles. The van der Waals surface area contributed by atoms with E-state index in [1.165, 1.54) is 0 Å². The first-order chi connectivity index (χ1) is 14.1. The molecular formula is C22H22ClN3O3. The zero-order valence-electron chi connectivity index (χ0n) is 16.0. The van der Waals surface area contributed by atoms with Gasteiger partial charge in [-0.3, -0.25) is 9.59 Å². The van der Waals surface area contributed by atoms with Crippen LogP contribution in [0.3, 0.4) is 0 Å². The van der Waals surface area contributed by atoms with Crippen LogP contribution in [0.1, 0.15) is 41.1 Å². The lowest BCUT2D eigenvalue weighted by molar-refractivity contribution is -0.133. The van der Waals surface area contributed by atoms with E-state index in [9.17, 15) is 9.59 Å². The summed E-state index contributed by atoms with van der Waals surface area (Å²) >= 11 is 5.92. The molecule has 1 aliphatic rings. The van der Waals surface area contributed by atoms with Gasteiger partial charge in [0, 0.05) is 43.1 Å². The van der Waals surface area contributed by atoms with Crippen LogP contribution in [0.4, 0.5) is 0 Å². The maximum Gasteiger partial charge on any atom is 0.251 e. The Bertz CT molecular complexity index is 1030. The molecule has 0 bridgehead atoms. The molecular weight excluding hydrogens is 390 g/mol. The zero-order chi connectivity index (χ0) is 20.2. The summed E-state index contributed by atoms with van der Waals surface area (Å²) in [6.07, 6.45) is 3.15. The van der Waals surface area contributed by atoms with Gasteiger partial charge in [-0.25, -0.2) is 4.98 Å². The van der Waals surface area contributed by atoms with Gasteiger partial charge in [-0.1, -0.05) is 23.7 Å². The fraction of sp³-hybridized carbons (Fsp3) is 0.318. The third-order valence-corrected chi connectivity index (χ3v) is 5.30. The molecule has 0 saturated carbocycles. The normalized spacial score (nSPS) is 14.4. The molecule has 6 nitrogen and oxygen atoms in total. The van der Waals surface area contributed by atoms with Crippen LogP contribution >= 0.6 is 11.6 Å². The molecule has 29 heavy (non-hydrogen) atoms. The average Bonchev–Trinajstić information content (AvgIpc) is 3.12. The Morgan fingerprint density at radius 2 is 2.00 bits per heavy atom. The highest BCUT2D eigenvalue weighted by atomic mass is 35.5. The summed E-state index contributed by atoms with van der Waals surface area (Å²) in [5.41, 5.74) is 2.86. The molecule has 0 radical (unpaired) electrons. The molecule has 2 amide bonds. The Labute approximate surface area is 173 Å². The third-order valence-electron chi connectivity index (χ3n) is 5.05. The molecule has 0 spiro atoms. The van der Waals surface area contributed by atoms with Gasteiger partial charge in [0.25, 0.3) is 5.91 Å². The number of carbonyl (C=O) groups excluding carboxylic acids is 2. The standard InChI is InChI=1S/C22H22ClN3O3/c23-17-7-4-15(5-8-17)13-20-25-18-14-16(6-9-19(18)29-20)22(28)24-10-12-26-11-2-1-3-21(26)27/h4-9,14H,1-3,10-13H2,(H,24,28). The number of aromatic nitrogens is 1. The summed E-state index contributed by atoms with van der Waals surface area (Å²) in [6, 6.07) is 12.7. The predicted molar refractivity (Wildman–Crippen MR) is 111 cm³/mol. The lowest BCUT2D eigenvalue weighted by Crippen LogP contribution is -2.41. The number of oxazole rings is 1. The highest BCUT2D eigenvalue weighted by molar-refractivity contribution is 6.30. The van der Waals surface area contributed by atoms with E-state index in [4.69, 9.17) is 16.0 Å². The van der Waals surface area contributed by atoms with Gasteiger partial charge >= 0.3 is 0 Å². The molecule has 7 heteroatoms. The molecule has 1 aliphatic heterocycles. The summed E-state index contributed by atoms with van der Waals surface area (Å²) < 4.78 is 5.79. The molecule has 1 aromatic heterocycles. The molecule has 3 aromatic rings. The minimum Gasteiger partial charge on any atom is -0.440 e. The number of nitrogens with one attached hydrogen (secondary N) is 1. The summed E-state index contributed by atoms with van der Waals surface area (Å²) in [5, 5.41) is 3.57. The highest BCUT2D eigenvalue weighted by Gasteiger charge is 2.18. The molecule has 0 unspecified atom stereocenters. The summed E-state index contributed by atoms with van der Waals surface area (Å²) in [4.78, 5) is 30.6. The van der Waals surface area contributed by atoms with Gasteiger partial charge < -0.3 is 14.6 Å². The van der Waals surface area contributed by atoms with Crippen molar-refractivity contribution >= 4 is 34.5 Å². The number of halogens is 1. The average molecular weight is 412 g/mol. The second-order valence-electron chi connectivity index (χ2n) is 7.19. The Kier molecular flexibility index (Phi) is 5.81. The number of hydrogen-bond acceptors (Lipinski definition) is 4. The smallest absolute Gasteiger partial charge is 0.251 e. The molecule has 0 atom stereocenters. The van der Waals surface area contributed by atoms with E-state index < -0.39 is 0 Å².